The van der Waals surface area contributed by atoms with Gasteiger partial charge in [0.1, 0.15) is 11.6 Å². The van der Waals surface area contributed by atoms with Crippen LogP contribution in [0.4, 0.5) is 0 Å². The molecule has 4 saturated carbocycles. The molecule has 0 aromatic carbocycles. The molecule has 5 aliphatic rings. The van der Waals surface area contributed by atoms with Gasteiger partial charge in [-0.1, -0.05) is 6.92 Å². The van der Waals surface area contributed by atoms with Crippen molar-refractivity contribution in [2.45, 2.75) is 64.4 Å². The van der Waals surface area contributed by atoms with Gasteiger partial charge >= 0.3 is 0 Å². The van der Waals surface area contributed by atoms with Gasteiger partial charge < -0.3 is 4.74 Å². The van der Waals surface area contributed by atoms with Crippen molar-refractivity contribution >= 4 is 11.6 Å². The van der Waals surface area contributed by atoms with E-state index in [4.69, 9.17) is 4.74 Å². The summed E-state index contributed by atoms with van der Waals surface area (Å²) in [6.45, 7) is 3.12. The molecule has 1 aliphatic heterocycles. The number of carbonyl (C=O) groups is 2. The Balaban J connectivity index is 1.54. The molecule has 0 N–H and O–H groups in total. The predicted octanol–water partition coefficient (Wildman–Crippen LogP) is 3.16. The van der Waals surface area contributed by atoms with Crippen LogP contribution in [0.15, 0.2) is 0 Å². The molecule has 0 spiro atoms. The second kappa shape index (κ2) is 4.23. The average molecular weight is 302 g/mol. The third-order valence-electron chi connectivity index (χ3n) is 8.46. The van der Waals surface area contributed by atoms with Crippen molar-refractivity contribution in [2.24, 2.45) is 34.5 Å². The number of rotatable bonds is 0. The van der Waals surface area contributed by atoms with Gasteiger partial charge in [0.25, 0.3) is 0 Å². The third kappa shape index (κ3) is 1.47. The minimum atomic E-state index is -0.0471. The molecule has 0 aromatic heterocycles. The van der Waals surface area contributed by atoms with Crippen molar-refractivity contribution in [1.29, 1.82) is 0 Å². The maximum Gasteiger partial charge on any atom is 0.139 e. The van der Waals surface area contributed by atoms with Crippen LogP contribution in [-0.2, 0) is 14.3 Å². The number of ketones is 2. The average Bonchev–Trinajstić information content (AvgIpc) is 2.94. The highest BCUT2D eigenvalue weighted by Gasteiger charge is 2.66. The number of hydrogen-bond donors (Lipinski definition) is 0. The van der Waals surface area contributed by atoms with E-state index in [2.05, 4.69) is 6.92 Å². The molecule has 2 bridgehead atoms. The minimum Gasteiger partial charge on any atom is -0.377 e. The summed E-state index contributed by atoms with van der Waals surface area (Å²) < 4.78 is 6.23. The molecule has 0 aromatic rings. The van der Waals surface area contributed by atoms with Crippen LogP contribution in [0.1, 0.15) is 58.3 Å². The number of Topliss-reactive ketones (excluding diaryl/α,β-unsaturated/α-hetero) is 2. The number of fused-ring (bicyclic) bond motifs is 3. The number of carbonyl (C=O) groups excluding carboxylic acids is 2. The second-order valence-corrected chi connectivity index (χ2v) is 8.96. The van der Waals surface area contributed by atoms with Crippen LogP contribution in [0.25, 0.3) is 0 Å². The first-order chi connectivity index (χ1) is 10.5. The van der Waals surface area contributed by atoms with E-state index in [1.165, 1.54) is 6.42 Å². The van der Waals surface area contributed by atoms with Crippen LogP contribution >= 0.6 is 0 Å². The van der Waals surface area contributed by atoms with Gasteiger partial charge in [-0.05, 0) is 49.9 Å². The van der Waals surface area contributed by atoms with Crippen molar-refractivity contribution in [2.75, 3.05) is 6.61 Å². The molecule has 5 rings (SSSR count). The third-order valence-corrected chi connectivity index (χ3v) is 8.46. The SMILES string of the molecule is C[C@]12CC[C@H]3[C@@H](C[C@H]4OC[C@@]35CCC(=O)CC45)[C@@H]1CCC2=O. The molecule has 4 aliphatic carbocycles. The highest BCUT2D eigenvalue weighted by molar-refractivity contribution is 5.87. The molecule has 1 saturated heterocycles. The van der Waals surface area contributed by atoms with Gasteiger partial charge in [0.05, 0.1) is 12.7 Å². The summed E-state index contributed by atoms with van der Waals surface area (Å²) >= 11 is 0. The van der Waals surface area contributed by atoms with Gasteiger partial charge in [-0.2, -0.15) is 0 Å². The Bertz CT molecular complexity index is 555. The number of ether oxygens (including phenoxy) is 1. The lowest BCUT2D eigenvalue weighted by Crippen LogP contribution is -2.56. The van der Waals surface area contributed by atoms with E-state index in [0.717, 1.165) is 51.6 Å². The largest absolute Gasteiger partial charge is 0.377 e. The van der Waals surface area contributed by atoms with Crippen molar-refractivity contribution < 1.29 is 14.3 Å². The zero-order valence-corrected chi connectivity index (χ0v) is 13.5. The van der Waals surface area contributed by atoms with Crippen LogP contribution < -0.4 is 0 Å². The Hall–Kier alpha value is -0.700. The van der Waals surface area contributed by atoms with Gasteiger partial charge in [0.15, 0.2) is 0 Å². The molecule has 3 nitrogen and oxygen atoms in total. The summed E-state index contributed by atoms with van der Waals surface area (Å²) in [6.07, 6.45) is 8.13. The Kier molecular flexibility index (Phi) is 2.63. The van der Waals surface area contributed by atoms with Gasteiger partial charge in [0, 0.05) is 36.0 Å². The lowest BCUT2D eigenvalue weighted by atomic mass is 9.45. The summed E-state index contributed by atoms with van der Waals surface area (Å²) in [5.74, 6) is 3.40. The lowest BCUT2D eigenvalue weighted by Gasteiger charge is -2.57. The van der Waals surface area contributed by atoms with Gasteiger partial charge in [-0.25, -0.2) is 0 Å². The van der Waals surface area contributed by atoms with Crippen LogP contribution in [0, 0.1) is 34.5 Å². The van der Waals surface area contributed by atoms with E-state index >= 15 is 0 Å². The summed E-state index contributed by atoms with van der Waals surface area (Å²) in [6, 6.07) is 0. The van der Waals surface area contributed by atoms with Crippen LogP contribution in [0.2, 0.25) is 0 Å². The Morgan fingerprint density at radius 1 is 1.05 bits per heavy atom. The molecule has 0 amide bonds. The van der Waals surface area contributed by atoms with Crippen LogP contribution in [0.3, 0.4) is 0 Å². The molecule has 0 radical (unpaired) electrons. The van der Waals surface area contributed by atoms with E-state index in [9.17, 15) is 9.59 Å². The van der Waals surface area contributed by atoms with Gasteiger partial charge in [-0.3, -0.25) is 9.59 Å². The highest BCUT2D eigenvalue weighted by Crippen LogP contribution is 2.67. The maximum absolute atomic E-state index is 12.4. The first-order valence-electron chi connectivity index (χ1n) is 9.21. The summed E-state index contributed by atoms with van der Waals surface area (Å²) in [5, 5.41) is 0. The van der Waals surface area contributed by atoms with Crippen molar-refractivity contribution in [1.82, 2.24) is 0 Å². The normalized spacial score (nSPS) is 56.5. The molecule has 7 atom stereocenters. The van der Waals surface area contributed by atoms with E-state index < -0.39 is 0 Å². The molecule has 22 heavy (non-hydrogen) atoms. The first kappa shape index (κ1) is 13.7. The Morgan fingerprint density at radius 2 is 1.91 bits per heavy atom. The summed E-state index contributed by atoms with van der Waals surface area (Å²) in [4.78, 5) is 24.4. The fourth-order valence-corrected chi connectivity index (χ4v) is 7.34. The minimum absolute atomic E-state index is 0.0471. The summed E-state index contributed by atoms with van der Waals surface area (Å²) in [7, 11) is 0. The molecular formula is C19H26O3. The molecule has 3 heteroatoms. The molecule has 1 heterocycles. The topological polar surface area (TPSA) is 43.4 Å². The lowest BCUT2D eigenvalue weighted by molar-refractivity contribution is -0.141. The monoisotopic (exact) mass is 302 g/mol. The molecule has 120 valence electrons. The van der Waals surface area contributed by atoms with Gasteiger partial charge in [0.2, 0.25) is 0 Å². The molecule has 1 unspecified atom stereocenters. The van der Waals surface area contributed by atoms with Crippen molar-refractivity contribution in [3.63, 3.8) is 0 Å². The van der Waals surface area contributed by atoms with Crippen molar-refractivity contribution in [3.05, 3.63) is 0 Å². The maximum atomic E-state index is 12.4. The van der Waals surface area contributed by atoms with Gasteiger partial charge in [-0.15, -0.1) is 0 Å². The van der Waals surface area contributed by atoms with Crippen LogP contribution in [-0.4, -0.2) is 24.3 Å². The summed E-state index contributed by atoms with van der Waals surface area (Å²) in [5.41, 5.74) is 0.225. The number of hydrogen-bond acceptors (Lipinski definition) is 3. The van der Waals surface area contributed by atoms with E-state index in [-0.39, 0.29) is 10.8 Å². The fraction of sp³-hybridized carbons (Fsp3) is 0.895. The van der Waals surface area contributed by atoms with Crippen LogP contribution in [0.5, 0.6) is 0 Å². The standard InChI is InChI=1S/C19H26O3/c1-18-6-5-14-12(13(18)2-3-17(18)21)9-16-15-8-11(20)4-7-19(14,15)10-22-16/h12-16H,2-10H2,1H3/t12-,13-,14-,15?,16+,18-,19-/m0/s1. The zero-order valence-electron chi connectivity index (χ0n) is 13.5. The predicted molar refractivity (Wildman–Crippen MR) is 81.2 cm³/mol. The van der Waals surface area contributed by atoms with Crippen molar-refractivity contribution in [3.8, 4) is 0 Å². The van der Waals surface area contributed by atoms with E-state index in [1.807, 2.05) is 0 Å². The fourth-order valence-electron chi connectivity index (χ4n) is 7.34. The Morgan fingerprint density at radius 3 is 2.77 bits per heavy atom. The van der Waals surface area contributed by atoms with E-state index in [0.29, 0.717) is 41.3 Å². The smallest absolute Gasteiger partial charge is 0.139 e. The molecular weight excluding hydrogens is 276 g/mol. The quantitative estimate of drug-likeness (QED) is 0.690. The highest BCUT2D eigenvalue weighted by atomic mass is 16.5. The molecule has 5 fully saturated rings. The zero-order chi connectivity index (χ0) is 15.1. The Labute approximate surface area is 132 Å². The second-order valence-electron chi connectivity index (χ2n) is 8.96. The van der Waals surface area contributed by atoms with E-state index in [1.54, 1.807) is 0 Å². The first-order valence-corrected chi connectivity index (χ1v) is 9.21.